The van der Waals surface area contributed by atoms with Crippen LogP contribution in [0.3, 0.4) is 0 Å². The van der Waals surface area contributed by atoms with Crippen LogP contribution in [-0.4, -0.2) is 16.0 Å². The molecule has 0 radical (unpaired) electrons. The second-order valence-electron chi connectivity index (χ2n) is 8.92. The van der Waals surface area contributed by atoms with Crippen LogP contribution in [0.25, 0.3) is 22.7 Å². The van der Waals surface area contributed by atoms with E-state index in [0.717, 1.165) is 51.9 Å². The van der Waals surface area contributed by atoms with Gasteiger partial charge in [-0.1, -0.05) is 82.7 Å². The van der Waals surface area contributed by atoms with Crippen molar-refractivity contribution in [1.29, 1.82) is 0 Å². The first-order valence-electron chi connectivity index (χ1n) is 11.9. The van der Waals surface area contributed by atoms with Crippen molar-refractivity contribution in [2.45, 2.75) is 52.4 Å². The molecular formula is C29H34N4. The number of allylic oxidation sites excluding steroid dienone is 5. The van der Waals surface area contributed by atoms with Crippen molar-refractivity contribution in [2.24, 2.45) is 10.9 Å². The number of aliphatic imine (C=N–C) groups is 1. The van der Waals surface area contributed by atoms with Gasteiger partial charge >= 0.3 is 0 Å². The number of anilines is 1. The van der Waals surface area contributed by atoms with Gasteiger partial charge in [0.25, 0.3) is 0 Å². The molecule has 1 saturated carbocycles. The fraction of sp³-hybridized carbons (Fsp3) is 0.310. The number of rotatable bonds is 8. The summed E-state index contributed by atoms with van der Waals surface area (Å²) in [6, 6.07) is 8.94. The van der Waals surface area contributed by atoms with Gasteiger partial charge in [0.15, 0.2) is 0 Å². The fourth-order valence-corrected chi connectivity index (χ4v) is 4.65. The summed E-state index contributed by atoms with van der Waals surface area (Å²) in [4.78, 5) is 4.46. The number of hydrogen-bond acceptors (Lipinski definition) is 3. The Bertz CT molecular complexity index is 1150. The summed E-state index contributed by atoms with van der Waals surface area (Å²) < 4.78 is 1.83. The highest BCUT2D eigenvalue weighted by molar-refractivity contribution is 5.94. The number of fused-ring (bicyclic) bond motifs is 1. The van der Waals surface area contributed by atoms with Crippen molar-refractivity contribution < 1.29 is 0 Å². The Balaban J connectivity index is 1.63. The van der Waals surface area contributed by atoms with Crippen LogP contribution in [-0.2, 0) is 6.42 Å². The van der Waals surface area contributed by atoms with Crippen LogP contribution >= 0.6 is 0 Å². The van der Waals surface area contributed by atoms with Crippen LogP contribution in [0, 0.1) is 5.92 Å². The van der Waals surface area contributed by atoms with Crippen molar-refractivity contribution in [3.63, 3.8) is 0 Å². The maximum absolute atomic E-state index is 4.79. The molecule has 2 aliphatic rings. The number of aromatic nitrogens is 2. The maximum Gasteiger partial charge on any atom is 0.142 e. The van der Waals surface area contributed by atoms with Crippen LogP contribution in [0.2, 0.25) is 0 Å². The molecule has 1 aliphatic heterocycles. The van der Waals surface area contributed by atoms with Crippen LogP contribution in [0.15, 0.2) is 67.2 Å². The fourth-order valence-electron chi connectivity index (χ4n) is 4.65. The summed E-state index contributed by atoms with van der Waals surface area (Å²) in [6.45, 7) is 16.8. The van der Waals surface area contributed by atoms with E-state index in [1.54, 1.807) is 6.21 Å². The van der Waals surface area contributed by atoms with Crippen molar-refractivity contribution in [3.05, 3.63) is 84.6 Å². The molecule has 1 fully saturated rings. The van der Waals surface area contributed by atoms with E-state index in [4.69, 9.17) is 5.10 Å². The molecule has 33 heavy (non-hydrogen) atoms. The Kier molecular flexibility index (Phi) is 6.93. The molecule has 0 amide bonds. The van der Waals surface area contributed by atoms with Crippen molar-refractivity contribution in [2.75, 3.05) is 5.32 Å². The summed E-state index contributed by atoms with van der Waals surface area (Å²) in [7, 11) is 0. The summed E-state index contributed by atoms with van der Waals surface area (Å²) in [5.74, 6) is 1.72. The highest BCUT2D eigenvalue weighted by Crippen LogP contribution is 2.39. The summed E-state index contributed by atoms with van der Waals surface area (Å²) >= 11 is 0. The van der Waals surface area contributed by atoms with Crippen LogP contribution < -0.4 is 5.32 Å². The Morgan fingerprint density at radius 1 is 1.21 bits per heavy atom. The quantitative estimate of drug-likeness (QED) is 0.431. The van der Waals surface area contributed by atoms with Crippen molar-refractivity contribution in [1.82, 2.24) is 9.78 Å². The van der Waals surface area contributed by atoms with Gasteiger partial charge in [-0.3, -0.25) is 4.99 Å². The number of nitrogens with one attached hydrogen (secondary N) is 1. The average Bonchev–Trinajstić information content (AvgIpc) is 3.47. The summed E-state index contributed by atoms with van der Waals surface area (Å²) in [5.41, 5.74) is 7.64. The third-order valence-electron chi connectivity index (χ3n) is 6.55. The van der Waals surface area contributed by atoms with Gasteiger partial charge in [-0.05, 0) is 54.5 Å². The molecular weight excluding hydrogens is 404 g/mol. The molecule has 1 N–H and O–H groups in total. The van der Waals surface area contributed by atoms with Gasteiger partial charge in [0.1, 0.15) is 11.5 Å². The van der Waals surface area contributed by atoms with E-state index in [-0.39, 0.29) is 0 Å². The minimum Gasteiger partial charge on any atom is -0.339 e. The molecule has 0 saturated heterocycles. The lowest BCUT2D eigenvalue weighted by Gasteiger charge is -2.21. The van der Waals surface area contributed by atoms with Gasteiger partial charge in [0.2, 0.25) is 0 Å². The molecule has 4 nitrogen and oxygen atoms in total. The molecule has 1 aromatic heterocycles. The monoisotopic (exact) mass is 438 g/mol. The second-order valence-corrected chi connectivity index (χ2v) is 8.92. The second kappa shape index (κ2) is 10.0. The minimum atomic E-state index is 0.604. The average molecular weight is 439 g/mol. The SMILES string of the molecule is C=C(N=C/C=C\C)c1nn2c(c1C(=C)CC)NC(c1ccc(CC3CCCC3)cc1)=CC2=C. The molecule has 2 heterocycles. The first-order chi connectivity index (χ1) is 16.0. The molecule has 1 aliphatic carbocycles. The molecule has 0 bridgehead atoms. The molecule has 0 atom stereocenters. The van der Waals surface area contributed by atoms with E-state index in [9.17, 15) is 0 Å². The summed E-state index contributed by atoms with van der Waals surface area (Å²) in [5, 5.41) is 8.39. The Morgan fingerprint density at radius 2 is 1.94 bits per heavy atom. The standard InChI is InChI=1S/C29H34N4/c1-6-8-17-30-22(5)28-27(20(3)7-2)29-31-26(18-21(4)33(29)32-28)25-15-13-24(14-16-25)19-23-11-9-10-12-23/h6,8,13-18,23,31H,3-5,7,9-12,19H2,1-2H3/b8-6-,30-17?. The topological polar surface area (TPSA) is 42.2 Å². The third kappa shape index (κ3) is 4.85. The molecule has 4 rings (SSSR count). The van der Waals surface area contributed by atoms with E-state index in [2.05, 4.69) is 61.2 Å². The molecule has 170 valence electrons. The normalized spacial score (nSPS) is 16.3. The Morgan fingerprint density at radius 3 is 2.61 bits per heavy atom. The van der Waals surface area contributed by atoms with Gasteiger partial charge < -0.3 is 5.32 Å². The predicted molar refractivity (Wildman–Crippen MR) is 143 cm³/mol. The minimum absolute atomic E-state index is 0.604. The largest absolute Gasteiger partial charge is 0.339 e. The highest BCUT2D eigenvalue weighted by Gasteiger charge is 2.26. The lowest BCUT2D eigenvalue weighted by Crippen LogP contribution is -2.13. The Labute approximate surface area is 197 Å². The predicted octanol–water partition coefficient (Wildman–Crippen LogP) is 7.59. The van der Waals surface area contributed by atoms with E-state index < -0.39 is 0 Å². The van der Waals surface area contributed by atoms with E-state index in [1.165, 1.54) is 37.7 Å². The zero-order valence-electron chi connectivity index (χ0n) is 19.9. The molecule has 4 heteroatoms. The van der Waals surface area contributed by atoms with Gasteiger partial charge in [-0.15, -0.1) is 0 Å². The molecule has 0 unspecified atom stereocenters. The van der Waals surface area contributed by atoms with Gasteiger partial charge in [-0.2, -0.15) is 5.10 Å². The van der Waals surface area contributed by atoms with Gasteiger partial charge in [0, 0.05) is 17.5 Å². The van der Waals surface area contributed by atoms with E-state index in [1.807, 2.05) is 29.8 Å². The smallest absolute Gasteiger partial charge is 0.142 e. The first kappa shape index (κ1) is 22.8. The summed E-state index contributed by atoms with van der Waals surface area (Å²) in [6.07, 6.45) is 15.1. The van der Waals surface area contributed by atoms with Gasteiger partial charge in [0.05, 0.1) is 11.4 Å². The van der Waals surface area contributed by atoms with Crippen molar-refractivity contribution in [3.8, 4) is 0 Å². The zero-order chi connectivity index (χ0) is 23.4. The van der Waals surface area contributed by atoms with Crippen molar-refractivity contribution >= 4 is 34.7 Å². The van der Waals surface area contributed by atoms with E-state index in [0.29, 0.717) is 5.70 Å². The zero-order valence-corrected chi connectivity index (χ0v) is 19.9. The van der Waals surface area contributed by atoms with Crippen LogP contribution in [0.4, 0.5) is 5.82 Å². The van der Waals surface area contributed by atoms with Crippen LogP contribution in [0.5, 0.6) is 0 Å². The number of hydrogen-bond donors (Lipinski definition) is 1. The van der Waals surface area contributed by atoms with E-state index >= 15 is 0 Å². The third-order valence-corrected chi connectivity index (χ3v) is 6.55. The highest BCUT2D eigenvalue weighted by atomic mass is 15.4. The number of nitrogens with zero attached hydrogens (tertiary/aromatic N) is 3. The lowest BCUT2D eigenvalue weighted by molar-refractivity contribution is 0.546. The van der Waals surface area contributed by atoms with Crippen LogP contribution in [0.1, 0.15) is 68.3 Å². The molecule has 0 spiro atoms. The maximum atomic E-state index is 4.79. The number of benzene rings is 1. The first-order valence-corrected chi connectivity index (χ1v) is 11.9. The molecule has 1 aromatic carbocycles. The molecule has 2 aromatic rings. The Hall–Kier alpha value is -3.40. The van der Waals surface area contributed by atoms with Gasteiger partial charge in [-0.25, -0.2) is 4.68 Å². The lowest BCUT2D eigenvalue weighted by atomic mass is 9.96.